The number of aromatic amines is 1. The molecule has 5 heteroatoms. The van der Waals surface area contributed by atoms with Gasteiger partial charge in [-0.1, -0.05) is 18.2 Å². The van der Waals surface area contributed by atoms with E-state index in [-0.39, 0.29) is 18.2 Å². The van der Waals surface area contributed by atoms with Crippen LogP contribution >= 0.6 is 0 Å². The van der Waals surface area contributed by atoms with Gasteiger partial charge in [0.2, 0.25) is 0 Å². The van der Waals surface area contributed by atoms with Crippen LogP contribution in [0.2, 0.25) is 0 Å². The Labute approximate surface area is 130 Å². The molecule has 1 aromatic heterocycles. The number of para-hydroxylation sites is 1. The highest BCUT2D eigenvalue weighted by Crippen LogP contribution is 2.18. The Morgan fingerprint density at radius 3 is 2.77 bits per heavy atom. The molecule has 0 atom stereocenters. The second-order valence-electron chi connectivity index (χ2n) is 6.04. The summed E-state index contributed by atoms with van der Waals surface area (Å²) in [6.07, 6.45) is 3.86. The number of rotatable bonds is 4. The number of fused-ring (bicyclic) bond motifs is 1. The standard InChI is InChI=1S/C17H23N3O2/c21-15-7-5-13(6-8-15)20-17(22)18-10-9-14-11-12-3-1-2-4-16(12)19-14/h1-4,11,13,15,19,21H,5-10H2,(H2,18,20,22). The van der Waals surface area contributed by atoms with Gasteiger partial charge in [-0.15, -0.1) is 0 Å². The van der Waals surface area contributed by atoms with Gasteiger partial charge in [-0.25, -0.2) is 4.79 Å². The molecular formula is C17H23N3O2. The summed E-state index contributed by atoms with van der Waals surface area (Å²) in [6.45, 7) is 0.605. The highest BCUT2D eigenvalue weighted by molar-refractivity contribution is 5.80. The van der Waals surface area contributed by atoms with Gasteiger partial charge in [0.25, 0.3) is 0 Å². The number of hydrogen-bond acceptors (Lipinski definition) is 2. The average molecular weight is 301 g/mol. The zero-order valence-corrected chi connectivity index (χ0v) is 12.6. The maximum atomic E-state index is 11.9. The molecule has 1 fully saturated rings. The van der Waals surface area contributed by atoms with Crippen LogP contribution in [0.15, 0.2) is 30.3 Å². The lowest BCUT2D eigenvalue weighted by atomic mass is 9.93. The molecule has 4 N–H and O–H groups in total. The molecule has 2 aromatic rings. The van der Waals surface area contributed by atoms with E-state index in [0.717, 1.165) is 43.3 Å². The number of aliphatic hydroxyl groups excluding tert-OH is 1. The van der Waals surface area contributed by atoms with Crippen molar-refractivity contribution in [1.29, 1.82) is 0 Å². The lowest BCUT2D eigenvalue weighted by Gasteiger charge is -2.26. The molecule has 1 aliphatic carbocycles. The minimum Gasteiger partial charge on any atom is -0.393 e. The van der Waals surface area contributed by atoms with Gasteiger partial charge in [0, 0.05) is 30.2 Å². The van der Waals surface area contributed by atoms with Gasteiger partial charge < -0.3 is 20.7 Å². The summed E-state index contributed by atoms with van der Waals surface area (Å²) in [5.41, 5.74) is 2.25. The van der Waals surface area contributed by atoms with Crippen LogP contribution in [0, 0.1) is 0 Å². The van der Waals surface area contributed by atoms with E-state index in [1.807, 2.05) is 12.1 Å². The maximum Gasteiger partial charge on any atom is 0.315 e. The molecule has 118 valence electrons. The van der Waals surface area contributed by atoms with Crippen molar-refractivity contribution in [2.45, 2.75) is 44.2 Å². The summed E-state index contributed by atoms with van der Waals surface area (Å²) in [5.74, 6) is 0. The van der Waals surface area contributed by atoms with Gasteiger partial charge >= 0.3 is 6.03 Å². The number of carbonyl (C=O) groups excluding carboxylic acids is 1. The minimum absolute atomic E-state index is 0.113. The van der Waals surface area contributed by atoms with E-state index in [2.05, 4.69) is 33.8 Å². The molecule has 0 radical (unpaired) electrons. The summed E-state index contributed by atoms with van der Waals surface area (Å²) in [6, 6.07) is 10.4. The number of benzene rings is 1. The fourth-order valence-electron chi connectivity index (χ4n) is 3.04. The second kappa shape index (κ2) is 6.83. The smallest absolute Gasteiger partial charge is 0.315 e. The summed E-state index contributed by atoms with van der Waals surface area (Å²) >= 11 is 0. The van der Waals surface area contributed by atoms with Crippen molar-refractivity contribution < 1.29 is 9.90 Å². The van der Waals surface area contributed by atoms with Gasteiger partial charge in [0.15, 0.2) is 0 Å². The normalized spacial score (nSPS) is 21.7. The Kier molecular flexibility index (Phi) is 4.63. The number of aliphatic hydroxyl groups is 1. The van der Waals surface area contributed by atoms with Gasteiger partial charge in [0.1, 0.15) is 0 Å². The molecule has 1 saturated carbocycles. The fourth-order valence-corrected chi connectivity index (χ4v) is 3.04. The monoisotopic (exact) mass is 301 g/mol. The highest BCUT2D eigenvalue weighted by Gasteiger charge is 2.20. The van der Waals surface area contributed by atoms with E-state index in [0.29, 0.717) is 6.54 Å². The molecule has 0 spiro atoms. The first-order chi connectivity index (χ1) is 10.7. The first-order valence-electron chi connectivity index (χ1n) is 8.00. The molecule has 22 heavy (non-hydrogen) atoms. The van der Waals surface area contributed by atoms with Gasteiger partial charge in [0.05, 0.1) is 6.10 Å². The van der Waals surface area contributed by atoms with Crippen molar-refractivity contribution >= 4 is 16.9 Å². The topological polar surface area (TPSA) is 77.2 Å². The lowest BCUT2D eigenvalue weighted by molar-refractivity contribution is 0.117. The van der Waals surface area contributed by atoms with Crippen LogP contribution < -0.4 is 10.6 Å². The molecule has 2 amide bonds. The average Bonchev–Trinajstić information content (AvgIpc) is 2.92. The van der Waals surface area contributed by atoms with Crippen LogP contribution in [0.1, 0.15) is 31.4 Å². The fraction of sp³-hybridized carbons (Fsp3) is 0.471. The Morgan fingerprint density at radius 2 is 2.00 bits per heavy atom. The van der Waals surface area contributed by atoms with E-state index in [1.165, 1.54) is 5.39 Å². The SMILES string of the molecule is O=C(NCCc1cc2ccccc2[nH]1)NC1CCC(O)CC1. The van der Waals surface area contributed by atoms with Crippen LogP contribution in [-0.4, -0.2) is 34.8 Å². The van der Waals surface area contributed by atoms with Crippen molar-refractivity contribution in [2.24, 2.45) is 0 Å². The van der Waals surface area contributed by atoms with Gasteiger partial charge in [-0.2, -0.15) is 0 Å². The first kappa shape index (κ1) is 14.9. The minimum atomic E-state index is -0.192. The highest BCUT2D eigenvalue weighted by atomic mass is 16.3. The van der Waals surface area contributed by atoms with Crippen LogP contribution in [0.25, 0.3) is 10.9 Å². The third kappa shape index (κ3) is 3.80. The number of hydrogen-bond donors (Lipinski definition) is 4. The molecule has 0 aliphatic heterocycles. The number of amides is 2. The van der Waals surface area contributed by atoms with Crippen molar-refractivity contribution in [1.82, 2.24) is 15.6 Å². The lowest BCUT2D eigenvalue weighted by Crippen LogP contribution is -2.44. The predicted molar refractivity (Wildman–Crippen MR) is 86.8 cm³/mol. The van der Waals surface area contributed by atoms with E-state index in [1.54, 1.807) is 0 Å². The van der Waals surface area contributed by atoms with Crippen molar-refractivity contribution in [2.75, 3.05) is 6.54 Å². The molecule has 0 unspecified atom stereocenters. The van der Waals surface area contributed by atoms with Gasteiger partial charge in [-0.3, -0.25) is 0 Å². The summed E-state index contributed by atoms with van der Waals surface area (Å²) in [4.78, 5) is 15.2. The number of H-pyrrole nitrogens is 1. The number of aromatic nitrogens is 1. The first-order valence-corrected chi connectivity index (χ1v) is 8.00. The Balaban J connectivity index is 1.41. The van der Waals surface area contributed by atoms with Crippen LogP contribution in [0.4, 0.5) is 4.79 Å². The molecular weight excluding hydrogens is 278 g/mol. The van der Waals surface area contributed by atoms with E-state index < -0.39 is 0 Å². The molecule has 0 saturated heterocycles. The summed E-state index contributed by atoms with van der Waals surface area (Å²) < 4.78 is 0. The summed E-state index contributed by atoms with van der Waals surface area (Å²) in [7, 11) is 0. The Morgan fingerprint density at radius 1 is 1.23 bits per heavy atom. The quantitative estimate of drug-likeness (QED) is 0.699. The van der Waals surface area contributed by atoms with E-state index in [9.17, 15) is 9.90 Å². The van der Waals surface area contributed by atoms with Crippen molar-refractivity contribution in [3.05, 3.63) is 36.0 Å². The zero-order valence-electron chi connectivity index (χ0n) is 12.6. The van der Waals surface area contributed by atoms with Crippen LogP contribution in [0.5, 0.6) is 0 Å². The molecule has 5 nitrogen and oxygen atoms in total. The van der Waals surface area contributed by atoms with Crippen LogP contribution in [-0.2, 0) is 6.42 Å². The van der Waals surface area contributed by atoms with Crippen molar-refractivity contribution in [3.63, 3.8) is 0 Å². The number of urea groups is 1. The Bertz CT molecular complexity index is 597. The number of carbonyl (C=O) groups is 1. The Hall–Kier alpha value is -2.01. The second-order valence-corrected chi connectivity index (χ2v) is 6.04. The molecule has 1 aliphatic rings. The largest absolute Gasteiger partial charge is 0.393 e. The zero-order chi connectivity index (χ0) is 15.4. The van der Waals surface area contributed by atoms with Gasteiger partial charge in [-0.05, 0) is 43.2 Å². The third-order valence-electron chi connectivity index (χ3n) is 4.30. The molecule has 1 aromatic carbocycles. The van der Waals surface area contributed by atoms with Crippen LogP contribution in [0.3, 0.4) is 0 Å². The van der Waals surface area contributed by atoms with Crippen molar-refractivity contribution in [3.8, 4) is 0 Å². The number of nitrogens with one attached hydrogen (secondary N) is 3. The maximum absolute atomic E-state index is 11.9. The molecule has 3 rings (SSSR count). The summed E-state index contributed by atoms with van der Waals surface area (Å²) in [5, 5.41) is 16.5. The van der Waals surface area contributed by atoms with E-state index >= 15 is 0 Å². The van der Waals surface area contributed by atoms with E-state index in [4.69, 9.17) is 0 Å². The molecule has 1 heterocycles. The third-order valence-corrected chi connectivity index (χ3v) is 4.30. The predicted octanol–water partition coefficient (Wildman–Crippen LogP) is 2.31. The molecule has 0 bridgehead atoms.